The van der Waals surface area contributed by atoms with Crippen LogP contribution in [0, 0.1) is 5.82 Å². The summed E-state index contributed by atoms with van der Waals surface area (Å²) < 4.78 is 71.1. The quantitative estimate of drug-likeness (QED) is 0.490. The number of esters is 1. The van der Waals surface area contributed by atoms with Crippen LogP contribution in [0.15, 0.2) is 18.2 Å². The number of halogens is 4. The summed E-state index contributed by atoms with van der Waals surface area (Å²) in [6, 6.07) is 0.661. The molecular formula is C15H19F4NO3S. The number of nitrogens with one attached hydrogen (secondary N) is 1. The van der Waals surface area contributed by atoms with Gasteiger partial charge in [0.05, 0.1) is 25.1 Å². The lowest BCUT2D eigenvalue weighted by molar-refractivity contribution is -0.141. The van der Waals surface area contributed by atoms with Gasteiger partial charge in [0, 0.05) is 16.9 Å². The second-order valence-corrected chi connectivity index (χ2v) is 8.06. The van der Waals surface area contributed by atoms with Gasteiger partial charge >= 0.3 is 12.1 Å². The second-order valence-electron chi connectivity index (χ2n) is 6.07. The Kier molecular flexibility index (Phi) is 6.66. The number of hydrogen-bond donors (Lipinski definition) is 1. The summed E-state index contributed by atoms with van der Waals surface area (Å²) in [6.45, 7) is 4.90. The molecule has 2 atom stereocenters. The fourth-order valence-corrected chi connectivity index (χ4v) is 2.58. The van der Waals surface area contributed by atoms with Crippen LogP contribution in [0.25, 0.3) is 0 Å². The van der Waals surface area contributed by atoms with Crippen molar-refractivity contribution >= 4 is 17.3 Å². The minimum Gasteiger partial charge on any atom is -0.598 e. The molecule has 1 unspecified atom stereocenters. The van der Waals surface area contributed by atoms with Crippen LogP contribution in [-0.2, 0) is 27.1 Å². The molecule has 0 bridgehead atoms. The summed E-state index contributed by atoms with van der Waals surface area (Å²) in [5.41, 5.74) is -1.45. The highest BCUT2D eigenvalue weighted by Crippen LogP contribution is 2.33. The minimum absolute atomic E-state index is 0.396. The van der Waals surface area contributed by atoms with Crippen molar-refractivity contribution in [2.75, 3.05) is 7.11 Å². The SMILES string of the molecule is COC(=O)C[C@H](N[S+]([O-])C(C)(C)C)c1cc(C(F)(F)F)ccc1F. The molecule has 0 aliphatic rings. The molecule has 1 N–H and O–H groups in total. The van der Waals surface area contributed by atoms with Crippen molar-refractivity contribution in [1.82, 2.24) is 4.72 Å². The van der Waals surface area contributed by atoms with E-state index in [1.165, 1.54) is 0 Å². The van der Waals surface area contributed by atoms with E-state index < -0.39 is 57.7 Å². The van der Waals surface area contributed by atoms with E-state index in [-0.39, 0.29) is 0 Å². The molecule has 9 heteroatoms. The van der Waals surface area contributed by atoms with Crippen LogP contribution in [-0.4, -0.2) is 22.4 Å². The first-order valence-corrected chi connectivity index (χ1v) is 8.12. The lowest BCUT2D eigenvalue weighted by atomic mass is 10.0. The Morgan fingerprint density at radius 1 is 1.33 bits per heavy atom. The van der Waals surface area contributed by atoms with Gasteiger partial charge in [-0.05, 0) is 39.0 Å². The van der Waals surface area contributed by atoms with Gasteiger partial charge in [-0.2, -0.15) is 13.2 Å². The predicted octanol–water partition coefficient (Wildman–Crippen LogP) is 3.50. The molecule has 0 aromatic heterocycles. The molecule has 0 fully saturated rings. The number of hydrogen-bond acceptors (Lipinski definition) is 4. The third-order valence-electron chi connectivity index (χ3n) is 3.10. The first-order valence-electron chi connectivity index (χ1n) is 6.97. The van der Waals surface area contributed by atoms with E-state index in [0.717, 1.165) is 7.11 Å². The number of rotatable bonds is 5. The van der Waals surface area contributed by atoms with Gasteiger partial charge < -0.3 is 9.29 Å². The van der Waals surface area contributed by atoms with Crippen LogP contribution in [0.5, 0.6) is 0 Å². The van der Waals surface area contributed by atoms with Crippen molar-refractivity contribution in [1.29, 1.82) is 0 Å². The number of benzene rings is 1. The van der Waals surface area contributed by atoms with Crippen molar-refractivity contribution in [2.45, 2.75) is 44.2 Å². The number of ether oxygens (including phenoxy) is 1. The van der Waals surface area contributed by atoms with Crippen LogP contribution in [0.4, 0.5) is 17.6 Å². The third-order valence-corrected chi connectivity index (χ3v) is 4.71. The third kappa shape index (κ3) is 5.64. The summed E-state index contributed by atoms with van der Waals surface area (Å²) in [6.07, 6.45) is -5.13. The lowest BCUT2D eigenvalue weighted by Gasteiger charge is -2.28. The van der Waals surface area contributed by atoms with Crippen LogP contribution >= 0.6 is 0 Å². The minimum atomic E-state index is -4.67. The van der Waals surface area contributed by atoms with Gasteiger partial charge in [0.25, 0.3) is 0 Å². The molecule has 0 radical (unpaired) electrons. The average Bonchev–Trinajstić information content (AvgIpc) is 2.44. The Morgan fingerprint density at radius 2 is 1.92 bits per heavy atom. The zero-order valence-electron chi connectivity index (χ0n) is 13.7. The normalized spacial score (nSPS) is 15.0. The van der Waals surface area contributed by atoms with Gasteiger partial charge in [-0.3, -0.25) is 4.79 Å². The lowest BCUT2D eigenvalue weighted by Crippen LogP contribution is -2.42. The van der Waals surface area contributed by atoms with Crippen LogP contribution in [0.1, 0.15) is 44.4 Å². The molecule has 0 saturated heterocycles. The first-order chi connectivity index (χ1) is 10.9. The largest absolute Gasteiger partial charge is 0.598 e. The van der Waals surface area contributed by atoms with Gasteiger partial charge in [0.15, 0.2) is 0 Å². The molecule has 0 saturated carbocycles. The monoisotopic (exact) mass is 369 g/mol. The summed E-state index contributed by atoms with van der Waals surface area (Å²) in [4.78, 5) is 11.5. The van der Waals surface area contributed by atoms with Gasteiger partial charge in [0.1, 0.15) is 10.6 Å². The van der Waals surface area contributed by atoms with Gasteiger partial charge in [-0.25, -0.2) is 4.39 Å². The predicted molar refractivity (Wildman–Crippen MR) is 81.8 cm³/mol. The fraction of sp³-hybridized carbons (Fsp3) is 0.533. The number of carbonyl (C=O) groups is 1. The maximum Gasteiger partial charge on any atom is 0.416 e. The molecule has 0 aliphatic heterocycles. The summed E-state index contributed by atoms with van der Waals surface area (Å²) in [7, 11) is 1.10. The molecule has 24 heavy (non-hydrogen) atoms. The first kappa shape index (κ1) is 20.7. The van der Waals surface area contributed by atoms with Crippen molar-refractivity contribution in [3.05, 3.63) is 35.1 Å². The molecule has 0 amide bonds. The molecule has 0 spiro atoms. The van der Waals surface area contributed by atoms with Gasteiger partial charge in [-0.1, -0.05) is 0 Å². The molecule has 136 valence electrons. The van der Waals surface area contributed by atoms with E-state index in [2.05, 4.69) is 9.46 Å². The van der Waals surface area contributed by atoms with Crippen molar-refractivity contribution in [3.63, 3.8) is 0 Å². The molecule has 1 rings (SSSR count). The highest BCUT2D eigenvalue weighted by molar-refractivity contribution is 7.90. The summed E-state index contributed by atoms with van der Waals surface area (Å²) in [5, 5.41) is 0. The number of carbonyl (C=O) groups excluding carboxylic acids is 1. The van der Waals surface area contributed by atoms with E-state index >= 15 is 0 Å². The zero-order valence-corrected chi connectivity index (χ0v) is 14.5. The summed E-state index contributed by atoms with van der Waals surface area (Å²) >= 11 is -1.73. The van der Waals surface area contributed by atoms with Crippen LogP contribution in [0.2, 0.25) is 0 Å². The Labute approximate surface area is 140 Å². The fourth-order valence-electron chi connectivity index (χ4n) is 1.76. The second kappa shape index (κ2) is 7.71. The highest BCUT2D eigenvalue weighted by Gasteiger charge is 2.35. The Morgan fingerprint density at radius 3 is 2.38 bits per heavy atom. The maximum absolute atomic E-state index is 14.1. The van der Waals surface area contributed by atoms with Crippen molar-refractivity contribution < 1.29 is 31.6 Å². The number of alkyl halides is 3. The van der Waals surface area contributed by atoms with Crippen molar-refractivity contribution in [2.24, 2.45) is 0 Å². The van der Waals surface area contributed by atoms with Crippen LogP contribution < -0.4 is 4.72 Å². The molecular weight excluding hydrogens is 350 g/mol. The van der Waals surface area contributed by atoms with Crippen molar-refractivity contribution in [3.8, 4) is 0 Å². The van der Waals surface area contributed by atoms with E-state index in [1.54, 1.807) is 20.8 Å². The van der Waals surface area contributed by atoms with Gasteiger partial charge in [-0.15, -0.1) is 4.72 Å². The van der Waals surface area contributed by atoms with Gasteiger partial charge in [0.2, 0.25) is 0 Å². The Balaban J connectivity index is 3.25. The van der Waals surface area contributed by atoms with Crippen LogP contribution in [0.3, 0.4) is 0 Å². The number of methoxy groups -OCH3 is 1. The zero-order chi connectivity index (χ0) is 18.7. The smallest absolute Gasteiger partial charge is 0.416 e. The molecule has 4 nitrogen and oxygen atoms in total. The summed E-state index contributed by atoms with van der Waals surface area (Å²) in [5.74, 6) is -1.70. The van der Waals surface area contributed by atoms with E-state index in [9.17, 15) is 26.9 Å². The highest BCUT2D eigenvalue weighted by atomic mass is 32.2. The maximum atomic E-state index is 14.1. The Bertz CT molecular complexity index is 587. The molecule has 0 aliphatic carbocycles. The molecule has 1 aromatic carbocycles. The Hall–Kier alpha value is -1.32. The average molecular weight is 369 g/mol. The molecule has 0 heterocycles. The van der Waals surface area contributed by atoms with E-state index in [1.807, 2.05) is 0 Å². The van der Waals surface area contributed by atoms with E-state index in [4.69, 9.17) is 0 Å². The molecule has 1 aromatic rings. The topological polar surface area (TPSA) is 61.4 Å². The van der Waals surface area contributed by atoms with E-state index in [0.29, 0.717) is 18.2 Å². The standard InChI is InChI=1S/C15H19F4NO3S/c1-14(2,3)24(22)20-12(8-13(21)23-4)10-7-9(15(17,18)19)5-6-11(10)16/h5-7,12,20H,8H2,1-4H3/t12-,24?/m0/s1.